The zero-order valence-corrected chi connectivity index (χ0v) is 30.5. The number of fused-ring (bicyclic) bond motifs is 2. The topological polar surface area (TPSA) is 106 Å². The second kappa shape index (κ2) is 18.8. The molecule has 50 heavy (non-hydrogen) atoms. The average Bonchev–Trinajstić information content (AvgIpc) is 3.13. The highest BCUT2D eigenvalue weighted by molar-refractivity contribution is 6.40. The largest absolute Gasteiger partial charge is 1.00 e. The van der Waals surface area contributed by atoms with Crippen molar-refractivity contribution in [2.75, 3.05) is 11.1 Å². The molecule has 0 aliphatic carbocycles. The Balaban J connectivity index is 0.000000209. The maximum Gasteiger partial charge on any atom is 0.273 e. The molecule has 0 bridgehead atoms. The zero-order chi connectivity index (χ0) is 34.6. The van der Waals surface area contributed by atoms with Gasteiger partial charge in [0, 0.05) is 17.4 Å². The van der Waals surface area contributed by atoms with E-state index in [1.165, 1.54) is 16.7 Å². The Morgan fingerprint density at radius 1 is 0.560 bits per heavy atom. The van der Waals surface area contributed by atoms with Gasteiger partial charge in [0.2, 0.25) is 5.82 Å². The molecule has 0 radical (unpaired) electrons. The number of aromatic nitrogens is 4. The van der Waals surface area contributed by atoms with Crippen molar-refractivity contribution < 1.29 is 17.7 Å². The molecule has 0 amide bonds. The summed E-state index contributed by atoms with van der Waals surface area (Å²) in [5.74, 6) is 1.61. The van der Waals surface area contributed by atoms with Gasteiger partial charge in [-0.15, -0.1) is 0 Å². The van der Waals surface area contributed by atoms with Crippen molar-refractivity contribution in [3.8, 4) is 0 Å². The highest BCUT2D eigenvalue weighted by atomic mass is 35.5. The number of nitrogens with two attached hydrogens (primary N) is 2. The van der Waals surface area contributed by atoms with Crippen molar-refractivity contribution in [1.82, 2.24) is 19.9 Å². The molecule has 0 unspecified atom stereocenters. The van der Waals surface area contributed by atoms with E-state index < -0.39 is 0 Å². The number of nitrogen functional groups attached to an aromatic ring is 1. The third-order valence-corrected chi connectivity index (χ3v) is 8.33. The number of hydrogen-bond acceptors (Lipinski definition) is 6. The summed E-state index contributed by atoms with van der Waals surface area (Å²) in [5, 5.41) is 6.08. The van der Waals surface area contributed by atoms with Crippen LogP contribution in [0.1, 0.15) is 37.5 Å². The van der Waals surface area contributed by atoms with Crippen LogP contribution in [0.3, 0.4) is 0 Å². The standard InChI is InChI=1S/C24H24N4.C8H4Cl2N2.C8H11N.ClH/c1-3-17-9-7-11-19(15-17)25-23-24(26-20-12-8-10-18(4-2)16-20)28-22-14-6-5-13-21(22)27-23;9-7-8(10)12-6-4-2-1-3-5(6)11-7;1-2-7-4-3-5-8(9)6-7;/h5-16H,3-4H2,1-2H3,(H,25,27)(H,26,28);1-4H;3-6H,2,9H2,1H3;1H. The van der Waals surface area contributed by atoms with Gasteiger partial charge in [0.15, 0.2) is 10.3 Å². The minimum Gasteiger partial charge on any atom is -1.00 e. The van der Waals surface area contributed by atoms with Crippen molar-refractivity contribution in [1.29, 1.82) is 0 Å². The smallest absolute Gasteiger partial charge is 0.273 e. The molecule has 5 N–H and O–H groups in total. The van der Waals surface area contributed by atoms with Gasteiger partial charge in [-0.3, -0.25) is 5.32 Å². The molecule has 5 aromatic carbocycles. The van der Waals surface area contributed by atoms with Gasteiger partial charge >= 0.3 is 0 Å². The van der Waals surface area contributed by atoms with Crippen molar-refractivity contribution >= 4 is 74.0 Å². The van der Waals surface area contributed by atoms with Crippen LogP contribution in [0.25, 0.3) is 22.1 Å². The molecule has 7 aromatic rings. The summed E-state index contributed by atoms with van der Waals surface area (Å²) in [6.07, 6.45) is 3.08. The lowest BCUT2D eigenvalue weighted by Crippen LogP contribution is -3.00. The Labute approximate surface area is 309 Å². The van der Waals surface area contributed by atoms with E-state index in [1.54, 1.807) is 0 Å². The van der Waals surface area contributed by atoms with E-state index in [9.17, 15) is 0 Å². The Hall–Kier alpha value is -4.79. The molecule has 0 fully saturated rings. The van der Waals surface area contributed by atoms with Gasteiger partial charge in [-0.05, 0) is 90.6 Å². The van der Waals surface area contributed by atoms with Crippen molar-refractivity contribution in [2.45, 2.75) is 40.0 Å². The molecule has 256 valence electrons. The molecule has 2 heterocycles. The lowest BCUT2D eigenvalue weighted by molar-refractivity contribution is -0.482. The minimum absolute atomic E-state index is 0. The van der Waals surface area contributed by atoms with Crippen LogP contribution in [-0.2, 0) is 19.3 Å². The fourth-order valence-corrected chi connectivity index (χ4v) is 5.31. The lowest BCUT2D eigenvalue weighted by atomic mass is 10.1. The summed E-state index contributed by atoms with van der Waals surface area (Å²) in [7, 11) is 0. The van der Waals surface area contributed by atoms with E-state index in [1.807, 2.05) is 66.7 Å². The Kier molecular flexibility index (Phi) is 14.3. The monoisotopic (exact) mass is 723 g/mol. The van der Waals surface area contributed by atoms with E-state index in [0.29, 0.717) is 0 Å². The Morgan fingerprint density at radius 3 is 1.58 bits per heavy atom. The van der Waals surface area contributed by atoms with Gasteiger partial charge in [-0.25, -0.2) is 15.0 Å². The number of nitrogens with zero attached hydrogens (tertiary/aromatic N) is 4. The van der Waals surface area contributed by atoms with Gasteiger partial charge in [0.05, 0.1) is 22.1 Å². The number of halogens is 3. The van der Waals surface area contributed by atoms with E-state index >= 15 is 0 Å². The van der Waals surface area contributed by atoms with Crippen LogP contribution in [0.5, 0.6) is 0 Å². The molecule has 7 nitrogen and oxygen atoms in total. The summed E-state index contributed by atoms with van der Waals surface area (Å²) < 4.78 is 0. The number of rotatable bonds is 7. The third-order valence-electron chi connectivity index (χ3n) is 7.71. The maximum absolute atomic E-state index is 5.68. The van der Waals surface area contributed by atoms with E-state index in [0.717, 1.165) is 70.0 Å². The van der Waals surface area contributed by atoms with Crippen molar-refractivity contribution in [3.63, 3.8) is 0 Å². The number of anilines is 3. The van der Waals surface area contributed by atoms with Gasteiger partial charge in [-0.1, -0.05) is 105 Å². The van der Waals surface area contributed by atoms with E-state index in [2.05, 4.69) is 96.0 Å². The van der Waals surface area contributed by atoms with E-state index in [-0.39, 0.29) is 22.7 Å². The van der Waals surface area contributed by atoms with Gasteiger partial charge in [-0.2, -0.15) is 4.98 Å². The summed E-state index contributed by atoms with van der Waals surface area (Å²) >= 11 is 11.4. The summed E-state index contributed by atoms with van der Waals surface area (Å²) in [4.78, 5) is 17.8. The third kappa shape index (κ3) is 10.6. The molecule has 0 saturated heterocycles. The fraction of sp³-hybridized carbons (Fsp3) is 0.150. The molecule has 0 spiro atoms. The second-order valence-corrected chi connectivity index (χ2v) is 12.0. The van der Waals surface area contributed by atoms with Crippen molar-refractivity contribution in [2.24, 2.45) is 0 Å². The normalized spacial score (nSPS) is 10.3. The molecule has 10 heteroatoms. The first-order valence-electron chi connectivity index (χ1n) is 16.3. The molecular formula is C40H40Cl3N7. The molecular weight excluding hydrogens is 685 g/mol. The van der Waals surface area contributed by atoms with Crippen LogP contribution in [0.2, 0.25) is 10.3 Å². The summed E-state index contributed by atoms with van der Waals surface area (Å²) in [6.45, 7) is 6.45. The Bertz CT molecular complexity index is 2030. The summed E-state index contributed by atoms with van der Waals surface area (Å²) in [5.41, 5.74) is 15.8. The maximum atomic E-state index is 5.68. The number of aryl methyl sites for hydroxylation is 3. The quantitative estimate of drug-likeness (QED) is 0.156. The first kappa shape index (κ1) is 38.0. The molecule has 0 aliphatic rings. The van der Waals surface area contributed by atoms with Crippen LogP contribution in [0.15, 0.2) is 121 Å². The van der Waals surface area contributed by atoms with Crippen LogP contribution in [-0.4, -0.2) is 19.9 Å². The predicted molar refractivity (Wildman–Crippen MR) is 205 cm³/mol. The van der Waals surface area contributed by atoms with Crippen LogP contribution < -0.4 is 28.8 Å². The molecule has 7 rings (SSSR count). The summed E-state index contributed by atoms with van der Waals surface area (Å²) in [6, 6.07) is 40.4. The van der Waals surface area contributed by atoms with Gasteiger partial charge in [0.1, 0.15) is 5.69 Å². The van der Waals surface area contributed by atoms with Gasteiger partial charge < -0.3 is 23.5 Å². The SMILES string of the molecule is CCc1cccc(N)c1.CCc1cccc(Nc2nc3ccccc3nc2[NH2+]c2cccc(CC)c2)c1.Clc1nc2ccccc2nc1Cl.[Cl-]. The first-order chi connectivity index (χ1) is 23.8. The minimum atomic E-state index is 0. The number of benzene rings is 5. The number of para-hydroxylation sites is 4. The Morgan fingerprint density at radius 2 is 1.04 bits per heavy atom. The fourth-order valence-electron chi connectivity index (χ4n) is 5.04. The van der Waals surface area contributed by atoms with E-state index in [4.69, 9.17) is 38.9 Å². The van der Waals surface area contributed by atoms with Crippen molar-refractivity contribution in [3.05, 3.63) is 148 Å². The number of hydrogen-bond donors (Lipinski definition) is 3. The second-order valence-electron chi connectivity index (χ2n) is 11.3. The number of quaternary nitrogens is 1. The molecule has 0 aliphatic heterocycles. The average molecular weight is 725 g/mol. The van der Waals surface area contributed by atoms with Crippen LogP contribution >= 0.6 is 23.2 Å². The number of nitrogens with one attached hydrogen (secondary N) is 1. The predicted octanol–water partition coefficient (Wildman–Crippen LogP) is 6.80. The highest BCUT2D eigenvalue weighted by Crippen LogP contribution is 2.24. The first-order valence-corrected chi connectivity index (χ1v) is 17.1. The van der Waals surface area contributed by atoms with Gasteiger partial charge in [0.25, 0.3) is 5.82 Å². The van der Waals surface area contributed by atoms with Crippen LogP contribution in [0.4, 0.5) is 28.7 Å². The highest BCUT2D eigenvalue weighted by Gasteiger charge is 2.15. The lowest BCUT2D eigenvalue weighted by Gasteiger charge is -2.11. The van der Waals surface area contributed by atoms with Crippen LogP contribution in [0, 0.1) is 0 Å². The zero-order valence-electron chi connectivity index (χ0n) is 28.2. The molecule has 2 aromatic heterocycles. The molecule has 0 saturated carbocycles. The molecule has 0 atom stereocenters.